The van der Waals surface area contributed by atoms with E-state index in [1.807, 2.05) is 36.4 Å². The topological polar surface area (TPSA) is 98.7 Å². The van der Waals surface area contributed by atoms with Crippen molar-refractivity contribution in [3.05, 3.63) is 83.2 Å². The third kappa shape index (κ3) is 5.30. The number of hydrogen-bond acceptors (Lipinski definition) is 6. The second kappa shape index (κ2) is 9.32. The third-order valence-corrected chi connectivity index (χ3v) is 4.71. The molecule has 0 spiro atoms. The van der Waals surface area contributed by atoms with Crippen LogP contribution in [0.25, 0.3) is 11.4 Å². The first-order valence-corrected chi connectivity index (χ1v) is 9.79. The third-order valence-electron chi connectivity index (χ3n) is 4.46. The quantitative estimate of drug-likeness (QED) is 0.468. The Kier molecular flexibility index (Phi) is 6.14. The molecule has 1 N–H and O–H groups in total. The van der Waals surface area contributed by atoms with E-state index in [1.54, 1.807) is 23.1 Å². The molecule has 0 atom stereocenters. The molecule has 30 heavy (non-hydrogen) atoms. The summed E-state index contributed by atoms with van der Waals surface area (Å²) in [6, 6.07) is 15.2. The number of amides is 1. The Morgan fingerprint density at radius 1 is 1.07 bits per heavy atom. The van der Waals surface area contributed by atoms with Gasteiger partial charge in [-0.2, -0.15) is 10.1 Å². The first-order valence-electron chi connectivity index (χ1n) is 9.41. The maximum absolute atomic E-state index is 12.1. The van der Waals surface area contributed by atoms with Gasteiger partial charge in [0.15, 0.2) is 0 Å². The predicted molar refractivity (Wildman–Crippen MR) is 110 cm³/mol. The molecular weight excluding hydrogens is 404 g/mol. The zero-order chi connectivity index (χ0) is 20.8. The van der Waals surface area contributed by atoms with Crippen LogP contribution in [0.3, 0.4) is 0 Å². The van der Waals surface area contributed by atoms with Gasteiger partial charge in [-0.25, -0.2) is 9.67 Å². The summed E-state index contributed by atoms with van der Waals surface area (Å²) in [5, 5.41) is 11.6. The molecule has 2 heterocycles. The summed E-state index contributed by atoms with van der Waals surface area (Å²) in [6.07, 6.45) is 3.84. The minimum atomic E-state index is -0.0760. The molecule has 4 rings (SSSR count). The Morgan fingerprint density at radius 2 is 1.83 bits per heavy atom. The first-order chi connectivity index (χ1) is 14.7. The Morgan fingerprint density at radius 3 is 2.57 bits per heavy atom. The van der Waals surface area contributed by atoms with Crippen LogP contribution in [-0.4, -0.2) is 30.8 Å². The number of nitrogens with one attached hydrogen (secondary N) is 1. The van der Waals surface area contributed by atoms with Gasteiger partial charge in [-0.15, -0.1) is 0 Å². The number of aromatic nitrogens is 5. The normalized spacial score (nSPS) is 10.8. The van der Waals surface area contributed by atoms with Crippen molar-refractivity contribution in [1.29, 1.82) is 0 Å². The lowest BCUT2D eigenvalue weighted by Crippen LogP contribution is -2.23. The highest BCUT2D eigenvalue weighted by Crippen LogP contribution is 2.19. The van der Waals surface area contributed by atoms with Crippen LogP contribution in [0.1, 0.15) is 23.4 Å². The van der Waals surface area contributed by atoms with Gasteiger partial charge in [0.05, 0.1) is 6.54 Å². The van der Waals surface area contributed by atoms with Crippen LogP contribution >= 0.6 is 11.6 Å². The average Bonchev–Trinajstić information content (AvgIpc) is 3.44. The lowest BCUT2D eigenvalue weighted by Gasteiger charge is -2.06. The molecule has 4 aromatic rings. The fourth-order valence-electron chi connectivity index (χ4n) is 2.85. The van der Waals surface area contributed by atoms with Crippen molar-refractivity contribution in [2.75, 3.05) is 0 Å². The van der Waals surface area contributed by atoms with Gasteiger partial charge in [0.25, 0.3) is 0 Å². The van der Waals surface area contributed by atoms with Gasteiger partial charge in [-0.3, -0.25) is 4.79 Å². The van der Waals surface area contributed by atoms with Crippen molar-refractivity contribution in [3.8, 4) is 11.4 Å². The minimum absolute atomic E-state index is 0.0760. The number of rotatable bonds is 8. The van der Waals surface area contributed by atoms with Crippen LogP contribution < -0.4 is 5.32 Å². The van der Waals surface area contributed by atoms with Crippen molar-refractivity contribution in [1.82, 2.24) is 30.2 Å². The summed E-state index contributed by atoms with van der Waals surface area (Å²) < 4.78 is 6.99. The number of benzene rings is 2. The van der Waals surface area contributed by atoms with Crippen LogP contribution in [0.15, 0.2) is 65.7 Å². The van der Waals surface area contributed by atoms with E-state index in [-0.39, 0.29) is 12.3 Å². The lowest BCUT2D eigenvalue weighted by atomic mass is 10.1. The largest absolute Gasteiger partial charge is 0.352 e. The van der Waals surface area contributed by atoms with E-state index in [1.165, 1.54) is 6.33 Å². The van der Waals surface area contributed by atoms with Crippen molar-refractivity contribution in [3.63, 3.8) is 0 Å². The molecule has 9 heteroatoms. The molecule has 0 radical (unpaired) electrons. The van der Waals surface area contributed by atoms with Gasteiger partial charge in [0.2, 0.25) is 17.6 Å². The highest BCUT2D eigenvalue weighted by Gasteiger charge is 2.11. The van der Waals surface area contributed by atoms with E-state index in [4.69, 9.17) is 16.1 Å². The fourth-order valence-corrected chi connectivity index (χ4v) is 2.97. The molecule has 0 aliphatic carbocycles. The Balaban J connectivity index is 1.23. The second-order valence-corrected chi connectivity index (χ2v) is 7.14. The van der Waals surface area contributed by atoms with E-state index < -0.39 is 0 Å². The summed E-state index contributed by atoms with van der Waals surface area (Å²) in [7, 11) is 0. The predicted octanol–water partition coefficient (Wildman–Crippen LogP) is 3.28. The number of carbonyl (C=O) groups excluding carboxylic acids is 1. The second-order valence-electron chi connectivity index (χ2n) is 6.70. The van der Waals surface area contributed by atoms with Crippen LogP contribution in [0, 0.1) is 0 Å². The van der Waals surface area contributed by atoms with Gasteiger partial charge in [-0.05, 0) is 35.4 Å². The molecule has 0 fully saturated rings. The van der Waals surface area contributed by atoms with Gasteiger partial charge in [-0.1, -0.05) is 41.0 Å². The van der Waals surface area contributed by atoms with Gasteiger partial charge < -0.3 is 9.84 Å². The van der Waals surface area contributed by atoms with Crippen LogP contribution in [0.5, 0.6) is 0 Å². The molecular formula is C21H19ClN6O2. The highest BCUT2D eigenvalue weighted by atomic mass is 35.5. The van der Waals surface area contributed by atoms with E-state index in [0.29, 0.717) is 36.2 Å². The van der Waals surface area contributed by atoms with Crippen molar-refractivity contribution in [2.24, 2.45) is 0 Å². The van der Waals surface area contributed by atoms with Crippen molar-refractivity contribution < 1.29 is 9.32 Å². The average molecular weight is 423 g/mol. The van der Waals surface area contributed by atoms with Crippen molar-refractivity contribution in [2.45, 2.75) is 25.9 Å². The van der Waals surface area contributed by atoms with E-state index >= 15 is 0 Å². The van der Waals surface area contributed by atoms with Gasteiger partial charge >= 0.3 is 0 Å². The SMILES string of the molecule is O=C(CCc1nc(-c2ccc(Cl)cc2)no1)NCc1ccc(Cn2cncn2)cc1. The lowest BCUT2D eigenvalue weighted by molar-refractivity contribution is -0.121. The highest BCUT2D eigenvalue weighted by molar-refractivity contribution is 6.30. The molecule has 0 saturated carbocycles. The number of hydrogen-bond donors (Lipinski definition) is 1. The Bertz CT molecular complexity index is 1090. The van der Waals surface area contributed by atoms with E-state index in [0.717, 1.165) is 16.7 Å². The molecule has 8 nitrogen and oxygen atoms in total. The number of halogens is 1. The molecule has 0 saturated heterocycles. The zero-order valence-electron chi connectivity index (χ0n) is 16.0. The smallest absolute Gasteiger partial charge is 0.227 e. The molecule has 2 aromatic heterocycles. The minimum Gasteiger partial charge on any atom is -0.352 e. The zero-order valence-corrected chi connectivity index (χ0v) is 16.8. The summed E-state index contributed by atoms with van der Waals surface area (Å²) >= 11 is 5.88. The maximum Gasteiger partial charge on any atom is 0.227 e. The fraction of sp³-hybridized carbons (Fsp3) is 0.190. The molecule has 0 unspecified atom stereocenters. The molecule has 1 amide bonds. The summed E-state index contributed by atoms with van der Waals surface area (Å²) in [4.78, 5) is 20.4. The van der Waals surface area contributed by atoms with Gasteiger partial charge in [0.1, 0.15) is 12.7 Å². The molecule has 2 aromatic carbocycles. The maximum atomic E-state index is 12.1. The molecule has 0 aliphatic rings. The first kappa shape index (κ1) is 19.8. The number of nitrogens with zero attached hydrogens (tertiary/aromatic N) is 5. The monoisotopic (exact) mass is 422 g/mol. The Hall–Kier alpha value is -3.52. The number of aryl methyl sites for hydroxylation is 1. The van der Waals surface area contributed by atoms with Crippen LogP contribution in [-0.2, 0) is 24.3 Å². The number of carbonyl (C=O) groups is 1. The van der Waals surface area contributed by atoms with E-state index in [2.05, 4.69) is 25.5 Å². The van der Waals surface area contributed by atoms with Crippen LogP contribution in [0.2, 0.25) is 5.02 Å². The standard InChI is InChI=1S/C21H19ClN6O2/c22-18-7-5-17(6-8-18)21-26-20(30-27-21)10-9-19(29)24-11-15-1-3-16(4-2-15)12-28-14-23-13-25-28/h1-8,13-14H,9-12H2,(H,24,29). The summed E-state index contributed by atoms with van der Waals surface area (Å²) in [6.45, 7) is 1.12. The molecule has 0 aliphatic heterocycles. The molecule has 0 bridgehead atoms. The summed E-state index contributed by atoms with van der Waals surface area (Å²) in [5.74, 6) is 0.827. The van der Waals surface area contributed by atoms with Gasteiger partial charge in [0, 0.05) is 30.0 Å². The van der Waals surface area contributed by atoms with Crippen molar-refractivity contribution >= 4 is 17.5 Å². The van der Waals surface area contributed by atoms with Crippen LogP contribution in [0.4, 0.5) is 0 Å². The Labute approximate surface area is 177 Å². The molecule has 152 valence electrons. The summed E-state index contributed by atoms with van der Waals surface area (Å²) in [5.41, 5.74) is 2.95. The van der Waals surface area contributed by atoms with E-state index in [9.17, 15) is 4.79 Å².